The number of rotatable bonds is 10. The van der Waals surface area contributed by atoms with Gasteiger partial charge in [-0.2, -0.15) is 0 Å². The van der Waals surface area contributed by atoms with Crippen LogP contribution in [0, 0.1) is 0 Å². The molecule has 0 saturated heterocycles. The van der Waals surface area contributed by atoms with Crippen molar-refractivity contribution in [1.82, 2.24) is 3.12 Å². The van der Waals surface area contributed by atoms with Gasteiger partial charge in [-0.15, -0.1) is 0 Å². The van der Waals surface area contributed by atoms with Crippen LogP contribution >= 0.6 is 0 Å². The van der Waals surface area contributed by atoms with Crippen molar-refractivity contribution in [2.24, 2.45) is 0 Å². The fraction of sp³-hybridized carbons (Fsp3) is 0.619. The van der Waals surface area contributed by atoms with Gasteiger partial charge in [0.1, 0.15) is 0 Å². The summed E-state index contributed by atoms with van der Waals surface area (Å²) in [7, 11) is 0. The molecular formula is C21H35NSn. The summed E-state index contributed by atoms with van der Waals surface area (Å²) < 4.78 is 7.56. The summed E-state index contributed by atoms with van der Waals surface area (Å²) in [5.74, 6) is 0. The zero-order valence-corrected chi connectivity index (χ0v) is 18.3. The van der Waals surface area contributed by atoms with E-state index in [0.29, 0.717) is 0 Å². The Kier molecular flexibility index (Phi) is 8.01. The van der Waals surface area contributed by atoms with Gasteiger partial charge >= 0.3 is 149 Å². The third kappa shape index (κ3) is 5.01. The molecule has 1 aromatic rings. The van der Waals surface area contributed by atoms with Crippen LogP contribution in [-0.2, 0) is 6.54 Å². The Balaban J connectivity index is 2.24. The van der Waals surface area contributed by atoms with Gasteiger partial charge < -0.3 is 0 Å². The number of nitrogens with zero attached hydrogens (tertiary/aromatic N) is 1. The summed E-state index contributed by atoms with van der Waals surface area (Å²) in [5.41, 5.74) is 2.98. The van der Waals surface area contributed by atoms with E-state index in [-0.39, 0.29) is 0 Å². The maximum atomic E-state index is 2.90. The van der Waals surface area contributed by atoms with Gasteiger partial charge in [-0.05, 0) is 0 Å². The Morgan fingerprint density at radius 1 is 0.870 bits per heavy atom. The van der Waals surface area contributed by atoms with Crippen molar-refractivity contribution >= 4 is 24.7 Å². The summed E-state index contributed by atoms with van der Waals surface area (Å²) in [6.07, 6.45) is 13.2. The van der Waals surface area contributed by atoms with Gasteiger partial charge in [0, 0.05) is 0 Å². The maximum absolute atomic E-state index is 2.90. The van der Waals surface area contributed by atoms with Crippen LogP contribution < -0.4 is 0 Å². The molecule has 0 aromatic heterocycles. The molecule has 128 valence electrons. The van der Waals surface area contributed by atoms with Gasteiger partial charge in [-0.3, -0.25) is 0 Å². The molecule has 0 amide bonds. The molecule has 0 spiro atoms. The van der Waals surface area contributed by atoms with Crippen LogP contribution in [-0.4, -0.2) is 21.8 Å². The second-order valence-corrected chi connectivity index (χ2v) is 20.1. The average molecular weight is 420 g/mol. The molecular weight excluding hydrogens is 385 g/mol. The Bertz CT molecular complexity index is 473. The van der Waals surface area contributed by atoms with Crippen molar-refractivity contribution in [2.45, 2.75) is 79.2 Å². The van der Waals surface area contributed by atoms with E-state index in [1.54, 1.807) is 18.9 Å². The first-order valence-corrected chi connectivity index (χ1v) is 17.1. The van der Waals surface area contributed by atoms with E-state index in [1.165, 1.54) is 50.6 Å². The average Bonchev–Trinajstić information content (AvgIpc) is 2.61. The minimum absolute atomic E-state index is 1.18. The predicted molar refractivity (Wildman–Crippen MR) is 106 cm³/mol. The van der Waals surface area contributed by atoms with Gasteiger partial charge in [0.05, 0.1) is 0 Å². The van der Waals surface area contributed by atoms with Crippen molar-refractivity contribution in [1.29, 1.82) is 0 Å². The molecule has 1 aliphatic rings. The quantitative estimate of drug-likeness (QED) is 0.376. The third-order valence-corrected chi connectivity index (χ3v) is 20.8. The number of fused-ring (bicyclic) bond motifs is 1. The minimum atomic E-state index is -2.27. The van der Waals surface area contributed by atoms with E-state index in [0.717, 1.165) is 0 Å². The van der Waals surface area contributed by atoms with Crippen molar-refractivity contribution < 1.29 is 0 Å². The van der Waals surface area contributed by atoms with Crippen LogP contribution in [0.3, 0.4) is 0 Å². The first-order valence-electron chi connectivity index (χ1n) is 9.78. The van der Waals surface area contributed by atoms with Gasteiger partial charge in [0.25, 0.3) is 0 Å². The molecule has 0 atom stereocenters. The summed E-state index contributed by atoms with van der Waals surface area (Å²) in [6.45, 7) is 8.26. The predicted octanol–water partition coefficient (Wildman–Crippen LogP) is 6.82. The van der Waals surface area contributed by atoms with Gasteiger partial charge in [0.2, 0.25) is 0 Å². The van der Waals surface area contributed by atoms with Gasteiger partial charge in [0.15, 0.2) is 0 Å². The molecule has 0 fully saturated rings. The number of unbranched alkanes of at least 4 members (excludes halogenated alkanes) is 3. The summed E-state index contributed by atoms with van der Waals surface area (Å²) in [5, 5.41) is 0. The van der Waals surface area contributed by atoms with Crippen molar-refractivity contribution in [2.75, 3.05) is 0 Å². The summed E-state index contributed by atoms with van der Waals surface area (Å²) in [6, 6.07) is 8.98. The topological polar surface area (TPSA) is 3.24 Å². The Morgan fingerprint density at radius 2 is 1.43 bits per heavy atom. The van der Waals surface area contributed by atoms with Crippen LogP contribution in [0.2, 0.25) is 13.3 Å². The van der Waals surface area contributed by atoms with E-state index < -0.39 is 18.7 Å². The van der Waals surface area contributed by atoms with E-state index >= 15 is 0 Å². The molecule has 0 aliphatic carbocycles. The molecule has 0 unspecified atom stereocenters. The van der Waals surface area contributed by atoms with Gasteiger partial charge in [-0.1, -0.05) is 0 Å². The van der Waals surface area contributed by atoms with E-state index in [2.05, 4.69) is 60.4 Å². The van der Waals surface area contributed by atoms with E-state index in [4.69, 9.17) is 0 Å². The second kappa shape index (κ2) is 9.76. The Morgan fingerprint density at radius 3 is 2.00 bits per heavy atom. The zero-order valence-electron chi connectivity index (χ0n) is 15.5. The SMILES string of the molecule is CCC[CH2][Sn]([CH2]CCC)([CH2]CCC)[N]1C=Cc2ccccc2C1. The van der Waals surface area contributed by atoms with Crippen LogP contribution in [0.15, 0.2) is 30.5 Å². The van der Waals surface area contributed by atoms with Crippen molar-refractivity contribution in [3.8, 4) is 0 Å². The number of hydrogen-bond acceptors (Lipinski definition) is 1. The molecule has 23 heavy (non-hydrogen) atoms. The summed E-state index contributed by atoms with van der Waals surface area (Å²) >= 11 is -2.27. The first kappa shape index (κ1) is 18.9. The Labute approximate surface area is 148 Å². The molecule has 1 heterocycles. The van der Waals surface area contributed by atoms with Crippen LogP contribution in [0.25, 0.3) is 6.08 Å². The summed E-state index contributed by atoms with van der Waals surface area (Å²) in [4.78, 5) is 0. The normalized spacial score (nSPS) is 14.1. The second-order valence-electron chi connectivity index (χ2n) is 7.18. The first-order chi connectivity index (χ1) is 11.3. The molecule has 0 saturated carbocycles. The van der Waals surface area contributed by atoms with Crippen molar-refractivity contribution in [3.05, 3.63) is 41.6 Å². The van der Waals surface area contributed by atoms with Crippen LogP contribution in [0.1, 0.15) is 70.4 Å². The molecule has 0 radical (unpaired) electrons. The molecule has 2 rings (SSSR count). The molecule has 2 heteroatoms. The standard InChI is InChI=1S/C9H8N.3C4H9.Sn/c1-2-4-9-7-10-6-5-8(9)3-1;3*1-3-4-2;/h1-6H,7H2;3*1,3-4H2,2H3;/q-1;;;;+1. The molecule has 1 aromatic carbocycles. The van der Waals surface area contributed by atoms with E-state index in [9.17, 15) is 0 Å². The van der Waals surface area contributed by atoms with Crippen LogP contribution in [0.4, 0.5) is 0 Å². The fourth-order valence-corrected chi connectivity index (χ4v) is 19.7. The molecule has 1 aliphatic heterocycles. The Hall–Kier alpha value is -0.441. The number of hydrogen-bond donors (Lipinski definition) is 0. The van der Waals surface area contributed by atoms with E-state index in [1.807, 2.05) is 0 Å². The fourth-order valence-electron chi connectivity index (χ4n) is 3.90. The third-order valence-electron chi connectivity index (χ3n) is 5.43. The molecule has 0 bridgehead atoms. The monoisotopic (exact) mass is 421 g/mol. The van der Waals surface area contributed by atoms with Crippen LogP contribution in [0.5, 0.6) is 0 Å². The molecule has 1 nitrogen and oxygen atoms in total. The molecule has 0 N–H and O–H groups in total. The zero-order chi connectivity index (χ0) is 16.5. The van der Waals surface area contributed by atoms with Crippen molar-refractivity contribution in [3.63, 3.8) is 0 Å². The number of benzene rings is 1. The van der Waals surface area contributed by atoms with Gasteiger partial charge in [-0.25, -0.2) is 0 Å².